The summed E-state index contributed by atoms with van der Waals surface area (Å²) in [7, 11) is 0. The summed E-state index contributed by atoms with van der Waals surface area (Å²) < 4.78 is 0.561. The topological polar surface area (TPSA) is 103 Å². The number of H-pyrrole nitrogens is 2. The van der Waals surface area contributed by atoms with Crippen molar-refractivity contribution in [3.8, 4) is 0 Å². The molecule has 0 amide bonds. The molecular weight excluding hydrogens is 340 g/mol. The number of carbonyl (C=O) groups excluding carboxylic acids is 1. The maximum atomic E-state index is 12.6. The lowest BCUT2D eigenvalue weighted by Crippen LogP contribution is -2.25. The van der Waals surface area contributed by atoms with Gasteiger partial charge in [-0.3, -0.25) is 9.59 Å². The van der Waals surface area contributed by atoms with Crippen molar-refractivity contribution in [1.82, 2.24) is 9.97 Å². The van der Waals surface area contributed by atoms with Crippen LogP contribution < -0.4 is 5.69 Å². The third kappa shape index (κ3) is 2.42. The van der Waals surface area contributed by atoms with Crippen molar-refractivity contribution in [2.75, 3.05) is 0 Å². The van der Waals surface area contributed by atoms with Crippen LogP contribution in [0.1, 0.15) is 29.6 Å². The molecule has 1 aliphatic carbocycles. The van der Waals surface area contributed by atoms with Gasteiger partial charge in [0, 0.05) is 16.0 Å². The number of carboxylic acids is 1. The number of carboxylic acid groups (broad SMARTS) is 1. The first-order valence-electron chi connectivity index (χ1n) is 6.66. The highest BCUT2D eigenvalue weighted by molar-refractivity contribution is 9.10. The number of carbonyl (C=O) groups is 2. The van der Waals surface area contributed by atoms with Crippen LogP contribution in [-0.2, 0) is 4.79 Å². The van der Waals surface area contributed by atoms with E-state index in [2.05, 4.69) is 25.9 Å². The highest BCUT2D eigenvalue weighted by Gasteiger charge is 2.38. The Morgan fingerprint density at radius 1 is 1.14 bits per heavy atom. The van der Waals surface area contributed by atoms with Gasteiger partial charge < -0.3 is 15.1 Å². The van der Waals surface area contributed by atoms with Crippen LogP contribution in [0.15, 0.2) is 21.4 Å². The molecule has 2 unspecified atom stereocenters. The van der Waals surface area contributed by atoms with Gasteiger partial charge in [0.2, 0.25) is 0 Å². The van der Waals surface area contributed by atoms with Crippen LogP contribution >= 0.6 is 15.9 Å². The molecule has 21 heavy (non-hydrogen) atoms. The van der Waals surface area contributed by atoms with Crippen molar-refractivity contribution in [2.24, 2.45) is 11.8 Å². The minimum absolute atomic E-state index is 0.185. The van der Waals surface area contributed by atoms with Gasteiger partial charge in [-0.05, 0) is 40.9 Å². The number of Topliss-reactive ketones (excluding diaryl/α,β-unsaturated/α-hetero) is 1. The van der Waals surface area contributed by atoms with Crippen LogP contribution in [0.5, 0.6) is 0 Å². The van der Waals surface area contributed by atoms with Gasteiger partial charge in [-0.1, -0.05) is 6.42 Å². The first kappa shape index (κ1) is 14.1. The Morgan fingerprint density at radius 3 is 2.43 bits per heavy atom. The van der Waals surface area contributed by atoms with Crippen molar-refractivity contribution in [1.29, 1.82) is 0 Å². The number of aliphatic carboxylic acids is 1. The van der Waals surface area contributed by atoms with E-state index < -0.39 is 17.8 Å². The number of aromatic nitrogens is 2. The third-order valence-corrected chi connectivity index (χ3v) is 4.70. The quantitative estimate of drug-likeness (QED) is 0.737. The Labute approximate surface area is 127 Å². The number of ketones is 1. The van der Waals surface area contributed by atoms with Gasteiger partial charge >= 0.3 is 11.7 Å². The number of imidazole rings is 1. The fourth-order valence-corrected chi connectivity index (χ4v) is 3.55. The predicted octanol–water partition coefficient (Wildman–Crippen LogP) is 2.30. The van der Waals surface area contributed by atoms with Crippen molar-refractivity contribution < 1.29 is 14.7 Å². The van der Waals surface area contributed by atoms with Gasteiger partial charge in [-0.2, -0.15) is 0 Å². The summed E-state index contributed by atoms with van der Waals surface area (Å²) in [5.41, 5.74) is 1.21. The van der Waals surface area contributed by atoms with Crippen molar-refractivity contribution in [2.45, 2.75) is 19.3 Å². The SMILES string of the molecule is O=C(O)C1CCCC1C(=O)c1cc2[nH]c(=O)[nH]c2cc1Br. The molecule has 0 radical (unpaired) electrons. The average molecular weight is 353 g/mol. The Kier molecular flexibility index (Phi) is 3.44. The van der Waals surface area contributed by atoms with E-state index in [0.717, 1.165) is 6.42 Å². The van der Waals surface area contributed by atoms with E-state index in [4.69, 9.17) is 0 Å². The molecule has 0 bridgehead atoms. The second kappa shape index (κ2) is 5.14. The Morgan fingerprint density at radius 2 is 1.76 bits per heavy atom. The van der Waals surface area contributed by atoms with Gasteiger partial charge in [0.25, 0.3) is 0 Å². The van der Waals surface area contributed by atoms with Crippen LogP contribution in [0.3, 0.4) is 0 Å². The van der Waals surface area contributed by atoms with Crippen molar-refractivity contribution in [3.63, 3.8) is 0 Å². The maximum absolute atomic E-state index is 12.6. The lowest BCUT2D eigenvalue weighted by Gasteiger charge is -2.15. The zero-order valence-electron chi connectivity index (χ0n) is 11.0. The van der Waals surface area contributed by atoms with E-state index in [9.17, 15) is 19.5 Å². The average Bonchev–Trinajstić information content (AvgIpc) is 3.02. The molecule has 7 heteroatoms. The zero-order valence-corrected chi connectivity index (χ0v) is 12.6. The van der Waals surface area contributed by atoms with Crippen LogP contribution in [0, 0.1) is 11.8 Å². The van der Waals surface area contributed by atoms with Gasteiger partial charge in [-0.25, -0.2) is 4.79 Å². The summed E-state index contributed by atoms with van der Waals surface area (Å²) in [6.45, 7) is 0. The molecule has 2 atom stereocenters. The number of hydrogen-bond acceptors (Lipinski definition) is 3. The number of nitrogens with one attached hydrogen (secondary N) is 2. The smallest absolute Gasteiger partial charge is 0.323 e. The fourth-order valence-electron chi connectivity index (χ4n) is 3.01. The highest BCUT2D eigenvalue weighted by atomic mass is 79.9. The molecule has 3 N–H and O–H groups in total. The van der Waals surface area contributed by atoms with Crippen LogP contribution in [0.2, 0.25) is 0 Å². The van der Waals surface area contributed by atoms with Gasteiger partial charge in [0.1, 0.15) is 0 Å². The summed E-state index contributed by atoms with van der Waals surface area (Å²) in [6, 6.07) is 3.25. The molecule has 1 fully saturated rings. The minimum Gasteiger partial charge on any atom is -0.481 e. The summed E-state index contributed by atoms with van der Waals surface area (Å²) in [4.78, 5) is 40.4. The molecule has 0 saturated heterocycles. The van der Waals surface area contributed by atoms with E-state index in [-0.39, 0.29) is 11.5 Å². The standard InChI is InChI=1S/C14H13BrN2O4/c15-9-5-11-10(16-14(21)17-11)4-8(9)12(18)6-2-1-3-7(6)13(19)20/h4-7H,1-3H2,(H,19,20)(H2,16,17,21). The van der Waals surface area contributed by atoms with Gasteiger partial charge in [-0.15, -0.1) is 0 Å². The van der Waals surface area contributed by atoms with E-state index in [1.54, 1.807) is 12.1 Å². The molecule has 0 spiro atoms. The fraction of sp³-hybridized carbons (Fsp3) is 0.357. The zero-order chi connectivity index (χ0) is 15.1. The number of halogens is 1. The Balaban J connectivity index is 2.03. The lowest BCUT2D eigenvalue weighted by atomic mass is 9.88. The number of hydrogen-bond donors (Lipinski definition) is 3. The molecule has 3 rings (SSSR count). The normalized spacial score (nSPS) is 21.8. The molecule has 1 aromatic heterocycles. The summed E-state index contributed by atoms with van der Waals surface area (Å²) in [6.07, 6.45) is 1.87. The van der Waals surface area contributed by atoms with E-state index in [1.165, 1.54) is 0 Å². The van der Waals surface area contributed by atoms with E-state index >= 15 is 0 Å². The van der Waals surface area contributed by atoms with Crippen LogP contribution in [-0.4, -0.2) is 26.8 Å². The molecule has 0 aliphatic heterocycles. The Bertz CT molecular complexity index is 792. The molecule has 6 nitrogen and oxygen atoms in total. The summed E-state index contributed by atoms with van der Waals surface area (Å²) >= 11 is 3.33. The van der Waals surface area contributed by atoms with Crippen molar-refractivity contribution >= 4 is 38.7 Å². The number of fused-ring (bicyclic) bond motifs is 1. The predicted molar refractivity (Wildman–Crippen MR) is 79.4 cm³/mol. The number of benzene rings is 1. The summed E-state index contributed by atoms with van der Waals surface area (Å²) in [5.74, 6) is -2.22. The monoisotopic (exact) mass is 352 g/mol. The van der Waals surface area contributed by atoms with Crippen molar-refractivity contribution in [3.05, 3.63) is 32.7 Å². The molecule has 110 valence electrons. The molecule has 1 saturated carbocycles. The lowest BCUT2D eigenvalue weighted by molar-refractivity contribution is -0.142. The second-order valence-corrected chi connectivity index (χ2v) is 6.16. The largest absolute Gasteiger partial charge is 0.481 e. The second-order valence-electron chi connectivity index (χ2n) is 5.30. The van der Waals surface area contributed by atoms with Gasteiger partial charge in [0.15, 0.2) is 5.78 Å². The third-order valence-electron chi connectivity index (χ3n) is 4.04. The minimum atomic E-state index is -0.918. The first-order valence-corrected chi connectivity index (χ1v) is 7.45. The van der Waals surface area contributed by atoms with E-state index in [1.807, 2.05) is 0 Å². The Hall–Kier alpha value is -1.89. The maximum Gasteiger partial charge on any atom is 0.323 e. The molecule has 2 aromatic rings. The molecule has 1 heterocycles. The van der Waals surface area contributed by atoms with Gasteiger partial charge in [0.05, 0.1) is 17.0 Å². The number of rotatable bonds is 3. The molecule has 1 aliphatic rings. The van der Waals surface area contributed by atoms with E-state index in [0.29, 0.717) is 33.9 Å². The van der Waals surface area contributed by atoms with Crippen LogP contribution in [0.25, 0.3) is 11.0 Å². The summed E-state index contributed by atoms with van der Waals surface area (Å²) in [5, 5.41) is 9.21. The highest BCUT2D eigenvalue weighted by Crippen LogP contribution is 2.36. The number of aromatic amines is 2. The van der Waals surface area contributed by atoms with Crippen LogP contribution in [0.4, 0.5) is 0 Å². The first-order chi connectivity index (χ1) is 9.97. The molecule has 1 aromatic carbocycles. The molecular formula is C14H13BrN2O4.